The van der Waals surface area contributed by atoms with Crippen LogP contribution in [0.3, 0.4) is 0 Å². The molecule has 0 aliphatic rings. The zero-order valence-corrected chi connectivity index (χ0v) is 9.79. The molecule has 2 rings (SSSR count). The molecule has 0 saturated carbocycles. The van der Waals surface area contributed by atoms with Gasteiger partial charge in [-0.25, -0.2) is 0 Å². The van der Waals surface area contributed by atoms with Crippen molar-refractivity contribution in [2.45, 2.75) is 32.6 Å². The van der Waals surface area contributed by atoms with Crippen LogP contribution in [0.4, 0.5) is 0 Å². The smallest absolute Gasteiger partial charge is 0.234 e. The fourth-order valence-corrected chi connectivity index (χ4v) is 2.18. The van der Waals surface area contributed by atoms with Crippen LogP contribution >= 0.6 is 11.3 Å². The molecule has 2 aromatic rings. The van der Waals surface area contributed by atoms with E-state index in [1.807, 2.05) is 4.52 Å². The fourth-order valence-electron chi connectivity index (χ4n) is 1.32. The summed E-state index contributed by atoms with van der Waals surface area (Å²) in [7, 11) is 0. The summed E-state index contributed by atoms with van der Waals surface area (Å²) in [6.45, 7) is 4.94. The lowest BCUT2D eigenvalue weighted by molar-refractivity contribution is 0.723. The van der Waals surface area contributed by atoms with Crippen molar-refractivity contribution in [1.82, 2.24) is 19.8 Å². The molecule has 0 spiro atoms. The second-order valence-electron chi connectivity index (χ2n) is 3.80. The number of nitrogens with zero attached hydrogens (tertiary/aromatic N) is 4. The topological polar surface area (TPSA) is 69.1 Å². The van der Waals surface area contributed by atoms with Crippen LogP contribution in [0.25, 0.3) is 4.96 Å². The van der Waals surface area contributed by atoms with Crippen molar-refractivity contribution in [3.63, 3.8) is 0 Å². The highest BCUT2D eigenvalue weighted by Crippen LogP contribution is 2.21. The molecule has 2 aromatic heterocycles. The zero-order valence-electron chi connectivity index (χ0n) is 8.97. The highest BCUT2D eigenvalue weighted by Gasteiger charge is 2.12. The zero-order chi connectivity index (χ0) is 10.8. The molecule has 0 amide bonds. The molecule has 82 valence electrons. The molecule has 0 bridgehead atoms. The van der Waals surface area contributed by atoms with Crippen LogP contribution in [0.15, 0.2) is 0 Å². The molecule has 2 N–H and O–H groups in total. The molecule has 0 atom stereocenters. The van der Waals surface area contributed by atoms with Gasteiger partial charge in [0.25, 0.3) is 0 Å². The molecule has 2 heterocycles. The average Bonchev–Trinajstić information content (AvgIpc) is 2.74. The van der Waals surface area contributed by atoms with Gasteiger partial charge in [-0.3, -0.25) is 0 Å². The predicted octanol–water partition coefficient (Wildman–Crippen LogP) is 1.20. The molecule has 5 nitrogen and oxygen atoms in total. The normalized spacial score (nSPS) is 11.7. The third kappa shape index (κ3) is 2.00. The van der Waals surface area contributed by atoms with E-state index in [1.54, 1.807) is 11.3 Å². The maximum absolute atomic E-state index is 5.47. The van der Waals surface area contributed by atoms with Crippen LogP contribution in [0.2, 0.25) is 0 Å². The van der Waals surface area contributed by atoms with Gasteiger partial charge in [0, 0.05) is 12.3 Å². The molecule has 0 radical (unpaired) electrons. The summed E-state index contributed by atoms with van der Waals surface area (Å²) in [6.07, 6.45) is 1.77. The molecule has 6 heteroatoms. The van der Waals surface area contributed by atoms with Crippen LogP contribution in [0.5, 0.6) is 0 Å². The third-order valence-corrected chi connectivity index (χ3v) is 3.37. The first-order valence-electron chi connectivity index (χ1n) is 5.13. The molecule has 0 aromatic carbocycles. The second kappa shape index (κ2) is 4.24. The Labute approximate surface area is 92.3 Å². The summed E-state index contributed by atoms with van der Waals surface area (Å²) >= 11 is 1.61. The highest BCUT2D eigenvalue weighted by atomic mass is 32.1. The lowest BCUT2D eigenvalue weighted by atomic mass is 10.2. The molecular formula is C9H15N5S. The van der Waals surface area contributed by atoms with Crippen molar-refractivity contribution < 1.29 is 0 Å². The summed E-state index contributed by atoms with van der Waals surface area (Å²) in [5.74, 6) is 1.36. The third-order valence-electron chi connectivity index (χ3n) is 2.17. The van der Waals surface area contributed by atoms with Gasteiger partial charge in [0.2, 0.25) is 4.96 Å². The van der Waals surface area contributed by atoms with E-state index in [1.165, 1.54) is 0 Å². The van der Waals surface area contributed by atoms with Gasteiger partial charge in [-0.15, -0.1) is 10.2 Å². The Morgan fingerprint density at radius 2 is 2.20 bits per heavy atom. The molecular weight excluding hydrogens is 210 g/mol. The molecule has 0 aliphatic carbocycles. The largest absolute Gasteiger partial charge is 0.330 e. The quantitative estimate of drug-likeness (QED) is 0.849. The first-order chi connectivity index (χ1) is 7.22. The molecule has 0 fully saturated rings. The van der Waals surface area contributed by atoms with Gasteiger partial charge in [-0.05, 0) is 13.0 Å². The van der Waals surface area contributed by atoms with E-state index in [2.05, 4.69) is 29.1 Å². The van der Waals surface area contributed by atoms with E-state index < -0.39 is 0 Å². The number of hydrogen-bond acceptors (Lipinski definition) is 5. The minimum absolute atomic E-state index is 0.444. The fraction of sp³-hybridized carbons (Fsp3) is 0.667. The molecule has 0 unspecified atom stereocenters. The van der Waals surface area contributed by atoms with Crippen LogP contribution in [0.1, 0.15) is 37.0 Å². The Morgan fingerprint density at radius 3 is 2.87 bits per heavy atom. The van der Waals surface area contributed by atoms with Crippen LogP contribution in [0, 0.1) is 0 Å². The summed E-state index contributed by atoms with van der Waals surface area (Å²) < 4.78 is 1.84. The van der Waals surface area contributed by atoms with Gasteiger partial charge in [0.15, 0.2) is 5.82 Å². The van der Waals surface area contributed by atoms with E-state index in [0.717, 1.165) is 28.6 Å². The van der Waals surface area contributed by atoms with Gasteiger partial charge in [-0.2, -0.15) is 9.61 Å². The van der Waals surface area contributed by atoms with Crippen LogP contribution in [-0.4, -0.2) is 26.4 Å². The summed E-state index contributed by atoms with van der Waals surface area (Å²) in [6, 6.07) is 0. The summed E-state index contributed by atoms with van der Waals surface area (Å²) in [5.41, 5.74) is 5.47. The first-order valence-corrected chi connectivity index (χ1v) is 5.95. The second-order valence-corrected chi connectivity index (χ2v) is 4.79. The monoisotopic (exact) mass is 225 g/mol. The minimum Gasteiger partial charge on any atom is -0.330 e. The Kier molecular flexibility index (Phi) is 2.97. The lowest BCUT2D eigenvalue weighted by Gasteiger charge is -1.96. The number of fused-ring (bicyclic) bond motifs is 1. The van der Waals surface area contributed by atoms with Gasteiger partial charge >= 0.3 is 0 Å². The average molecular weight is 225 g/mol. The van der Waals surface area contributed by atoms with Crippen molar-refractivity contribution >= 4 is 16.3 Å². The van der Waals surface area contributed by atoms with Crippen molar-refractivity contribution in [2.24, 2.45) is 5.73 Å². The minimum atomic E-state index is 0.444. The van der Waals surface area contributed by atoms with Crippen molar-refractivity contribution in [1.29, 1.82) is 0 Å². The van der Waals surface area contributed by atoms with E-state index in [9.17, 15) is 0 Å². The summed E-state index contributed by atoms with van der Waals surface area (Å²) in [5, 5.41) is 13.8. The van der Waals surface area contributed by atoms with Gasteiger partial charge in [-0.1, -0.05) is 25.2 Å². The number of aromatic nitrogens is 4. The Morgan fingerprint density at radius 1 is 1.40 bits per heavy atom. The number of hydrogen-bond donors (Lipinski definition) is 1. The standard InChI is InChI=1S/C9H15N5S/c1-6(2)8-13-14-7(4-3-5-10)11-12-9(14)15-8/h6H,3-5,10H2,1-2H3. The molecule has 15 heavy (non-hydrogen) atoms. The maximum atomic E-state index is 5.47. The highest BCUT2D eigenvalue weighted by molar-refractivity contribution is 7.16. The van der Waals surface area contributed by atoms with E-state index >= 15 is 0 Å². The Balaban J connectivity index is 2.32. The predicted molar refractivity (Wildman–Crippen MR) is 60.1 cm³/mol. The Bertz CT molecular complexity index is 444. The molecule has 0 saturated heterocycles. The molecule has 0 aliphatic heterocycles. The number of aryl methyl sites for hydroxylation is 1. The van der Waals surface area contributed by atoms with Crippen LogP contribution in [-0.2, 0) is 6.42 Å². The Hall–Kier alpha value is -1.01. The van der Waals surface area contributed by atoms with E-state index in [4.69, 9.17) is 5.73 Å². The number of rotatable bonds is 4. The van der Waals surface area contributed by atoms with Gasteiger partial charge < -0.3 is 5.73 Å². The van der Waals surface area contributed by atoms with Crippen LogP contribution < -0.4 is 5.73 Å². The lowest BCUT2D eigenvalue weighted by Crippen LogP contribution is -2.04. The van der Waals surface area contributed by atoms with Crippen molar-refractivity contribution in [2.75, 3.05) is 6.54 Å². The first kappa shape index (κ1) is 10.5. The summed E-state index contributed by atoms with van der Waals surface area (Å²) in [4.78, 5) is 0.880. The van der Waals surface area contributed by atoms with Gasteiger partial charge in [0.1, 0.15) is 5.01 Å². The van der Waals surface area contributed by atoms with Crippen molar-refractivity contribution in [3.05, 3.63) is 10.8 Å². The van der Waals surface area contributed by atoms with Gasteiger partial charge in [0.05, 0.1) is 0 Å². The SMILES string of the molecule is CC(C)c1nn2c(CCCN)nnc2s1. The van der Waals surface area contributed by atoms with E-state index in [-0.39, 0.29) is 0 Å². The van der Waals surface area contributed by atoms with Crippen molar-refractivity contribution in [3.8, 4) is 0 Å². The van der Waals surface area contributed by atoms with E-state index in [0.29, 0.717) is 12.5 Å². The number of nitrogens with two attached hydrogens (primary N) is 1. The maximum Gasteiger partial charge on any atom is 0.234 e.